The van der Waals surface area contributed by atoms with E-state index in [1.165, 1.54) is 60.7 Å². The first-order chi connectivity index (χ1) is 55.0. The molecule has 7 nitrogen and oxygen atoms in total. The Hall–Kier alpha value is -12.3. The smallest absolute Gasteiger partial charge is 0.387 e. The van der Waals surface area contributed by atoms with Crippen LogP contribution in [0.15, 0.2) is 182 Å². The van der Waals surface area contributed by atoms with E-state index in [9.17, 15) is 114 Å². The summed E-state index contributed by atoms with van der Waals surface area (Å²) in [7, 11) is 0. The maximum atomic E-state index is 13.7. The van der Waals surface area contributed by atoms with E-state index in [-0.39, 0.29) is 38.1 Å². The lowest BCUT2D eigenvalue weighted by Crippen LogP contribution is -2.06. The van der Waals surface area contributed by atoms with Crippen molar-refractivity contribution in [1.29, 1.82) is 0 Å². The highest BCUT2D eigenvalue weighted by Gasteiger charge is 2.24. The first-order valence-corrected chi connectivity index (χ1v) is 33.5. The first-order valence-electron chi connectivity index (χ1n) is 33.5. The van der Waals surface area contributed by atoms with Crippen molar-refractivity contribution in [1.82, 2.24) is 0 Å². The lowest BCUT2D eigenvalue weighted by molar-refractivity contribution is -0.0550. The molecule has 14 rings (SSSR count). The van der Waals surface area contributed by atoms with Gasteiger partial charge in [0.2, 0.25) is 0 Å². The molecule has 0 aromatic heterocycles. The first kappa shape index (κ1) is 90.2. The predicted octanol–water partition coefficient (Wildman–Crippen LogP) is 27.9. The minimum Gasteiger partial charge on any atom is -0.435 e. The number of fused-ring (bicyclic) bond motifs is 7. The van der Waals surface area contributed by atoms with E-state index < -0.39 is 156 Å². The van der Waals surface area contributed by atoms with Crippen molar-refractivity contribution in [3.05, 3.63) is 291 Å². The summed E-state index contributed by atoms with van der Waals surface area (Å²) in [5.41, 5.74) is 5.27. The number of hydrogen-bond acceptors (Lipinski definition) is 7. The molecule has 0 saturated heterocycles. The van der Waals surface area contributed by atoms with E-state index in [4.69, 9.17) is 0 Å². The Balaban J connectivity index is 0.000000170. The summed E-state index contributed by atoms with van der Waals surface area (Å²) in [5.74, 6) is -15.9. The zero-order valence-electron chi connectivity index (χ0n) is 61.0. The average molecular weight is 1670 g/mol. The molecule has 33 heteroatoms. The van der Waals surface area contributed by atoms with Crippen LogP contribution >= 0.6 is 0 Å². The number of rotatable bonds is 14. The molecule has 0 aliphatic carbocycles. The Morgan fingerprint density at radius 1 is 0.188 bits per heavy atom. The lowest BCUT2D eigenvalue weighted by atomic mass is 10.1. The van der Waals surface area contributed by atoms with Crippen LogP contribution in [0.5, 0.6) is 40.2 Å². The third-order valence-corrected chi connectivity index (χ3v) is 16.2. The van der Waals surface area contributed by atoms with Gasteiger partial charge in [-0.1, -0.05) is 114 Å². The second-order valence-corrected chi connectivity index (χ2v) is 25.1. The minimum absolute atomic E-state index is 0.0368. The van der Waals surface area contributed by atoms with Gasteiger partial charge in [-0.3, -0.25) is 0 Å². The van der Waals surface area contributed by atoms with E-state index in [0.717, 1.165) is 64.7 Å². The van der Waals surface area contributed by atoms with Crippen LogP contribution < -0.4 is 33.2 Å². The molecule has 0 aliphatic rings. The van der Waals surface area contributed by atoms with E-state index in [1.54, 1.807) is 107 Å². The molecule has 0 fully saturated rings. The summed E-state index contributed by atoms with van der Waals surface area (Å²) in [6.07, 6.45) is 0. The standard InChI is InChI=1S/C12H7F5O.3C12H8F4O.3C12H9F3O/c1-5-2-6-4-8(14)11(18-12(16)17)10(15)9(6)7(13)3-5;1-6-2-7-4-10(14)11(17-12(15)16)5-8(7)9(13)3-6;1-6-4-7-2-3-9(17-12(15)16)11(14)10(7)8(13)5-6;1-6-2-3-8-7(4-6)5-9(13)11(10(8)14)17-12(15)16;1-7-2-4-9-8(6-7)3-5-10(11(9)13)16-12(14)15;1-7-4-8-2-3-9(16-12(14)15)6-10(8)11(13)5-7;1-7-2-3-8-6-11(16-12(14)15)10(13)5-9(8)4-7/h2-4,12H,1H3;3*2-5,12H,1H3;3*2-6,12H,1H3. The van der Waals surface area contributed by atoms with Crippen LogP contribution in [0.25, 0.3) is 75.4 Å². The summed E-state index contributed by atoms with van der Waals surface area (Å²) in [6.45, 7) is -9.73. The van der Waals surface area contributed by atoms with Gasteiger partial charge in [-0.15, -0.1) is 0 Å². The third-order valence-electron chi connectivity index (χ3n) is 16.2. The molecule has 0 bridgehead atoms. The van der Waals surface area contributed by atoms with Crippen LogP contribution in [0.2, 0.25) is 0 Å². The third kappa shape index (κ3) is 24.4. The molecule has 14 aromatic carbocycles. The topological polar surface area (TPSA) is 64.6 Å². The SMILES string of the molecule is Cc1cc(F)c2c(F)c(OC(F)F)c(F)cc2c1.Cc1cc(F)c2c(F)c(OC(F)F)ccc2c1.Cc1cc(F)c2cc(OC(F)F)c(F)cc2c1.Cc1cc(F)c2cc(OC(F)F)ccc2c1.Cc1ccc2c(F)c(OC(F)F)c(F)cc2c1.Cc1ccc2c(F)c(OC(F)F)ccc2c1.Cc1ccc2cc(OC(F)F)c(F)cc2c1. The molecule has 0 amide bonds. The fourth-order valence-electron chi connectivity index (χ4n) is 11.4. The van der Waals surface area contributed by atoms with Crippen molar-refractivity contribution in [2.24, 2.45) is 0 Å². The quantitative estimate of drug-likeness (QED) is 0.101. The van der Waals surface area contributed by atoms with Gasteiger partial charge in [0.25, 0.3) is 0 Å². The van der Waals surface area contributed by atoms with E-state index in [0.29, 0.717) is 54.4 Å². The minimum atomic E-state index is -3.39. The molecule has 0 radical (unpaired) electrons. The molecule has 0 N–H and O–H groups in total. The Kier molecular flexibility index (Phi) is 30.7. The molecule has 0 unspecified atom stereocenters. The number of aryl methyl sites for hydroxylation is 7. The van der Waals surface area contributed by atoms with E-state index in [1.807, 2.05) is 19.9 Å². The van der Waals surface area contributed by atoms with E-state index in [2.05, 4.69) is 33.2 Å². The van der Waals surface area contributed by atoms with Crippen molar-refractivity contribution in [3.63, 3.8) is 0 Å². The molecule has 0 spiro atoms. The number of ether oxygens (including phenoxy) is 7. The molecule has 0 aliphatic heterocycles. The van der Waals surface area contributed by atoms with Gasteiger partial charge >= 0.3 is 46.3 Å². The second kappa shape index (κ2) is 39.8. The van der Waals surface area contributed by atoms with Crippen LogP contribution in [0.1, 0.15) is 38.9 Å². The zero-order valence-corrected chi connectivity index (χ0v) is 61.0. The fourth-order valence-corrected chi connectivity index (χ4v) is 11.4. The molecule has 117 heavy (non-hydrogen) atoms. The zero-order chi connectivity index (χ0) is 86.3. The summed E-state index contributed by atoms with van der Waals surface area (Å²) in [6, 6.07) is 41.5. The molecular formula is C84H58F26O7. The van der Waals surface area contributed by atoms with Crippen molar-refractivity contribution in [3.8, 4) is 40.2 Å². The van der Waals surface area contributed by atoms with Gasteiger partial charge in [-0.05, 0) is 199 Å². The van der Waals surface area contributed by atoms with E-state index >= 15 is 0 Å². The number of benzene rings is 14. The van der Waals surface area contributed by atoms with Gasteiger partial charge in [0, 0.05) is 21.5 Å². The second-order valence-electron chi connectivity index (χ2n) is 25.1. The van der Waals surface area contributed by atoms with Crippen LogP contribution in [0, 0.1) is 118 Å². The van der Waals surface area contributed by atoms with Gasteiger partial charge in [0.05, 0.1) is 10.8 Å². The Morgan fingerprint density at radius 2 is 0.513 bits per heavy atom. The maximum Gasteiger partial charge on any atom is 0.387 e. The summed E-state index contributed by atoms with van der Waals surface area (Å²) >= 11 is 0. The molecule has 14 aromatic rings. The van der Waals surface area contributed by atoms with Crippen molar-refractivity contribution in [2.75, 3.05) is 0 Å². The van der Waals surface area contributed by atoms with Gasteiger partial charge in [0.1, 0.15) is 29.0 Å². The highest BCUT2D eigenvalue weighted by molar-refractivity contribution is 5.90. The summed E-state index contributed by atoms with van der Waals surface area (Å²) in [4.78, 5) is 0. The van der Waals surface area contributed by atoms with Crippen LogP contribution in [0.3, 0.4) is 0 Å². The van der Waals surface area contributed by atoms with Crippen LogP contribution in [0.4, 0.5) is 114 Å². The summed E-state index contributed by atoms with van der Waals surface area (Å²) in [5, 5.41) is 3.29. The van der Waals surface area contributed by atoms with Crippen molar-refractivity contribution in [2.45, 2.75) is 94.7 Å². The number of alkyl halides is 14. The molecule has 618 valence electrons. The predicted molar refractivity (Wildman–Crippen MR) is 387 cm³/mol. The number of halogens is 26. The Bertz CT molecular complexity index is 5800. The van der Waals surface area contributed by atoms with Crippen LogP contribution in [-0.4, -0.2) is 46.3 Å². The Labute approximate surface area is 646 Å². The largest absolute Gasteiger partial charge is 0.435 e. The Morgan fingerprint density at radius 3 is 1.03 bits per heavy atom. The van der Waals surface area contributed by atoms with Crippen LogP contribution in [-0.2, 0) is 0 Å². The van der Waals surface area contributed by atoms with Gasteiger partial charge in [-0.25, -0.2) is 52.7 Å². The highest BCUT2D eigenvalue weighted by atomic mass is 19.3. The molecule has 0 atom stereocenters. The molecule has 0 heterocycles. The van der Waals surface area contributed by atoms with Gasteiger partial charge in [-0.2, -0.15) is 61.5 Å². The highest BCUT2D eigenvalue weighted by Crippen LogP contribution is 2.38. The normalized spacial score (nSPS) is 11.1. The van der Waals surface area contributed by atoms with Crippen molar-refractivity contribution >= 4 is 75.4 Å². The van der Waals surface area contributed by atoms with Gasteiger partial charge < -0.3 is 33.2 Å². The number of hydrogen-bond donors (Lipinski definition) is 0. The van der Waals surface area contributed by atoms with Gasteiger partial charge in [0.15, 0.2) is 81.0 Å². The summed E-state index contributed by atoms with van der Waals surface area (Å²) < 4.78 is 358. The fraction of sp³-hybridized carbons (Fsp3) is 0.167. The average Bonchev–Trinajstić information content (AvgIpc) is 0.779. The molecular weight excluding hydrogens is 1610 g/mol. The molecule has 0 saturated carbocycles. The van der Waals surface area contributed by atoms with Crippen molar-refractivity contribution < 1.29 is 147 Å². The monoisotopic (exact) mass is 1670 g/mol. The lowest BCUT2D eigenvalue weighted by Gasteiger charge is -2.10. The maximum absolute atomic E-state index is 13.7.